The lowest BCUT2D eigenvalue weighted by Crippen LogP contribution is -2.29. The zero-order valence-electron chi connectivity index (χ0n) is 13.2. The summed E-state index contributed by atoms with van der Waals surface area (Å²) in [5.74, 6) is -0.477. The van der Waals surface area contributed by atoms with Gasteiger partial charge in [0.15, 0.2) is 5.69 Å². The second kappa shape index (κ2) is 6.70. The number of aromatic hydroxyl groups is 1. The molecule has 1 aliphatic heterocycles. The van der Waals surface area contributed by atoms with Crippen LogP contribution < -0.4 is 5.73 Å². The number of amides is 2. The van der Waals surface area contributed by atoms with Gasteiger partial charge in [0, 0.05) is 24.8 Å². The Bertz CT molecular complexity index is 776. The van der Waals surface area contributed by atoms with Crippen molar-refractivity contribution in [2.24, 2.45) is 11.7 Å². The van der Waals surface area contributed by atoms with Crippen molar-refractivity contribution in [3.05, 3.63) is 59.4 Å². The first-order valence-electron chi connectivity index (χ1n) is 7.86. The number of aromatic nitrogens is 1. The first-order valence-corrected chi connectivity index (χ1v) is 7.86. The molecule has 1 aromatic heterocycles. The molecule has 1 fully saturated rings. The number of pyridine rings is 1. The van der Waals surface area contributed by atoms with Crippen molar-refractivity contribution in [1.82, 2.24) is 9.88 Å². The van der Waals surface area contributed by atoms with Gasteiger partial charge in [-0.25, -0.2) is 4.98 Å². The van der Waals surface area contributed by atoms with Gasteiger partial charge in [0.2, 0.25) is 5.91 Å². The smallest absolute Gasteiger partial charge is 0.276 e. The minimum atomic E-state index is -0.439. The zero-order chi connectivity index (χ0) is 17.1. The van der Waals surface area contributed by atoms with Crippen LogP contribution >= 0.6 is 0 Å². The van der Waals surface area contributed by atoms with E-state index in [1.165, 1.54) is 12.3 Å². The van der Waals surface area contributed by atoms with Crippen molar-refractivity contribution in [2.75, 3.05) is 13.1 Å². The highest BCUT2D eigenvalue weighted by atomic mass is 16.3. The van der Waals surface area contributed by atoms with Crippen LogP contribution in [0.4, 0.5) is 0 Å². The summed E-state index contributed by atoms with van der Waals surface area (Å²) >= 11 is 0. The van der Waals surface area contributed by atoms with E-state index >= 15 is 0 Å². The molecule has 2 aromatic rings. The van der Waals surface area contributed by atoms with Crippen LogP contribution in [0.3, 0.4) is 0 Å². The molecule has 6 nitrogen and oxygen atoms in total. The van der Waals surface area contributed by atoms with Crippen LogP contribution in [-0.2, 0) is 6.42 Å². The summed E-state index contributed by atoms with van der Waals surface area (Å²) in [4.78, 5) is 29.4. The van der Waals surface area contributed by atoms with Crippen molar-refractivity contribution in [2.45, 2.75) is 12.8 Å². The third kappa shape index (κ3) is 3.37. The molecule has 3 N–H and O–H groups in total. The molecule has 0 saturated carbocycles. The monoisotopic (exact) mass is 325 g/mol. The molecule has 1 aromatic carbocycles. The lowest BCUT2D eigenvalue weighted by atomic mass is 9.97. The number of primary amides is 1. The predicted octanol–water partition coefficient (Wildman–Crippen LogP) is 1.59. The van der Waals surface area contributed by atoms with Gasteiger partial charge in [0.1, 0.15) is 5.75 Å². The quantitative estimate of drug-likeness (QED) is 0.892. The van der Waals surface area contributed by atoms with E-state index in [0.29, 0.717) is 24.6 Å². The molecule has 1 aliphatic rings. The molecule has 24 heavy (non-hydrogen) atoms. The fraction of sp³-hybridized carbons (Fsp3) is 0.278. The maximum atomic E-state index is 12.5. The molecule has 2 heterocycles. The number of hydrogen-bond donors (Lipinski definition) is 2. The van der Waals surface area contributed by atoms with Gasteiger partial charge in [-0.05, 0) is 48.6 Å². The van der Waals surface area contributed by atoms with E-state index in [4.69, 9.17) is 5.73 Å². The van der Waals surface area contributed by atoms with E-state index in [2.05, 4.69) is 4.98 Å². The second-order valence-corrected chi connectivity index (χ2v) is 6.05. The average Bonchev–Trinajstić information content (AvgIpc) is 3.03. The standard InChI is InChI=1S/C18H19N3O3/c19-17(23)14-4-1-3-12(10-14)9-13-6-8-21(11-13)18(24)16-15(22)5-2-7-20-16/h1-5,7,10,13,22H,6,8-9,11H2,(H2,19,23)/t13-/m1/s1. The van der Waals surface area contributed by atoms with Crippen molar-refractivity contribution in [3.8, 4) is 5.75 Å². The summed E-state index contributed by atoms with van der Waals surface area (Å²) in [7, 11) is 0. The van der Waals surface area contributed by atoms with Crippen LogP contribution in [0.5, 0.6) is 5.75 Å². The Balaban J connectivity index is 1.65. The second-order valence-electron chi connectivity index (χ2n) is 6.05. The predicted molar refractivity (Wildman–Crippen MR) is 88.6 cm³/mol. The number of rotatable bonds is 4. The number of benzene rings is 1. The molecule has 0 radical (unpaired) electrons. The number of hydrogen-bond acceptors (Lipinski definition) is 4. The van der Waals surface area contributed by atoms with E-state index in [-0.39, 0.29) is 17.4 Å². The molecule has 0 bridgehead atoms. The maximum absolute atomic E-state index is 12.5. The van der Waals surface area contributed by atoms with E-state index < -0.39 is 5.91 Å². The Morgan fingerprint density at radius 2 is 2.12 bits per heavy atom. The third-order valence-electron chi connectivity index (χ3n) is 4.30. The van der Waals surface area contributed by atoms with Gasteiger partial charge < -0.3 is 15.7 Å². The summed E-state index contributed by atoms with van der Waals surface area (Å²) in [5, 5.41) is 9.77. The molecule has 2 amide bonds. The zero-order valence-corrected chi connectivity index (χ0v) is 13.2. The summed E-state index contributed by atoms with van der Waals surface area (Å²) < 4.78 is 0. The molecule has 6 heteroatoms. The van der Waals surface area contributed by atoms with E-state index in [9.17, 15) is 14.7 Å². The van der Waals surface area contributed by atoms with E-state index in [1.54, 1.807) is 23.1 Å². The first-order chi connectivity index (χ1) is 11.5. The van der Waals surface area contributed by atoms with Crippen LogP contribution in [-0.4, -0.2) is 39.9 Å². The fourth-order valence-corrected chi connectivity index (χ4v) is 3.08. The molecule has 3 rings (SSSR count). The molecular formula is C18H19N3O3. The van der Waals surface area contributed by atoms with Crippen LogP contribution in [0.2, 0.25) is 0 Å². The van der Waals surface area contributed by atoms with Crippen molar-refractivity contribution >= 4 is 11.8 Å². The molecule has 124 valence electrons. The van der Waals surface area contributed by atoms with Gasteiger partial charge in [-0.2, -0.15) is 0 Å². The van der Waals surface area contributed by atoms with Crippen LogP contribution in [0.1, 0.15) is 32.8 Å². The SMILES string of the molecule is NC(=O)c1cccc(C[C@H]2CCN(C(=O)c3ncccc3O)C2)c1. The van der Waals surface area contributed by atoms with Gasteiger partial charge in [-0.1, -0.05) is 12.1 Å². The van der Waals surface area contributed by atoms with Crippen LogP contribution in [0.25, 0.3) is 0 Å². The van der Waals surface area contributed by atoms with Crippen LogP contribution in [0, 0.1) is 5.92 Å². The van der Waals surface area contributed by atoms with Gasteiger partial charge in [-0.15, -0.1) is 0 Å². The fourth-order valence-electron chi connectivity index (χ4n) is 3.08. The topological polar surface area (TPSA) is 96.5 Å². The summed E-state index contributed by atoms with van der Waals surface area (Å²) in [5.41, 5.74) is 6.93. The number of carbonyl (C=O) groups excluding carboxylic acids is 2. The van der Waals surface area contributed by atoms with Crippen molar-refractivity contribution in [3.63, 3.8) is 0 Å². The lowest BCUT2D eigenvalue weighted by Gasteiger charge is -2.16. The largest absolute Gasteiger partial charge is 0.505 e. The Labute approximate surface area is 139 Å². The molecule has 1 saturated heterocycles. The Hall–Kier alpha value is -2.89. The van der Waals surface area contributed by atoms with Gasteiger partial charge in [0.25, 0.3) is 5.91 Å². The van der Waals surface area contributed by atoms with Gasteiger partial charge in [0.05, 0.1) is 0 Å². The van der Waals surface area contributed by atoms with E-state index in [1.807, 2.05) is 12.1 Å². The lowest BCUT2D eigenvalue weighted by molar-refractivity contribution is 0.0777. The molecule has 0 spiro atoms. The van der Waals surface area contributed by atoms with Gasteiger partial charge in [-0.3, -0.25) is 9.59 Å². The average molecular weight is 325 g/mol. The molecule has 1 atom stereocenters. The van der Waals surface area contributed by atoms with Crippen molar-refractivity contribution in [1.29, 1.82) is 0 Å². The molecule has 0 aliphatic carbocycles. The maximum Gasteiger partial charge on any atom is 0.276 e. The number of nitrogens with two attached hydrogens (primary N) is 1. The van der Waals surface area contributed by atoms with Crippen molar-refractivity contribution < 1.29 is 14.7 Å². The summed E-state index contributed by atoms with van der Waals surface area (Å²) in [6, 6.07) is 10.3. The summed E-state index contributed by atoms with van der Waals surface area (Å²) in [6.07, 6.45) is 3.15. The number of likely N-dealkylation sites (tertiary alicyclic amines) is 1. The molecule has 0 unspecified atom stereocenters. The highest BCUT2D eigenvalue weighted by Gasteiger charge is 2.29. The molecular weight excluding hydrogens is 306 g/mol. The normalized spacial score (nSPS) is 17.0. The minimum absolute atomic E-state index is 0.0916. The first kappa shape index (κ1) is 16.0. The van der Waals surface area contributed by atoms with Gasteiger partial charge >= 0.3 is 0 Å². The Kier molecular flexibility index (Phi) is 4.46. The third-order valence-corrected chi connectivity index (χ3v) is 4.30. The Morgan fingerprint density at radius 3 is 2.88 bits per heavy atom. The van der Waals surface area contributed by atoms with Crippen LogP contribution in [0.15, 0.2) is 42.6 Å². The Morgan fingerprint density at radius 1 is 1.29 bits per heavy atom. The van der Waals surface area contributed by atoms with E-state index in [0.717, 1.165) is 18.4 Å². The highest BCUT2D eigenvalue weighted by molar-refractivity contribution is 5.95. The summed E-state index contributed by atoms with van der Waals surface area (Å²) in [6.45, 7) is 1.24. The number of nitrogens with zero attached hydrogens (tertiary/aromatic N) is 2. The minimum Gasteiger partial charge on any atom is -0.505 e. The number of carbonyl (C=O) groups is 2. The highest BCUT2D eigenvalue weighted by Crippen LogP contribution is 2.24.